The smallest absolute Gasteiger partial charge is 0.244 e. The molecule has 12 heteroatoms. The molecule has 0 aromatic heterocycles. The first kappa shape index (κ1) is 29.5. The minimum atomic E-state index is -3.88. The molecular formula is C23H27Cl4N3O4S. The summed E-state index contributed by atoms with van der Waals surface area (Å²) in [6.45, 7) is 5.35. The van der Waals surface area contributed by atoms with Gasteiger partial charge >= 0.3 is 0 Å². The van der Waals surface area contributed by atoms with Crippen molar-refractivity contribution in [2.45, 2.75) is 33.4 Å². The van der Waals surface area contributed by atoms with Crippen LogP contribution >= 0.6 is 46.4 Å². The van der Waals surface area contributed by atoms with E-state index in [0.29, 0.717) is 22.2 Å². The molecule has 0 saturated heterocycles. The number of carbonyl (C=O) groups is 2. The van der Waals surface area contributed by atoms with Gasteiger partial charge in [0, 0.05) is 13.1 Å². The van der Waals surface area contributed by atoms with Gasteiger partial charge in [0.15, 0.2) is 0 Å². The normalized spacial score (nSPS) is 12.4. The van der Waals surface area contributed by atoms with Crippen LogP contribution in [0.3, 0.4) is 0 Å². The SMILES string of the molecule is CC(C)CNC(=O)[C@@H](C)N(Cc1ccc(Cl)c(Cl)c1)C(=O)CN(c1ccc(Cl)c(Cl)c1)S(C)(=O)=O. The van der Waals surface area contributed by atoms with Crippen molar-refractivity contribution in [3.05, 3.63) is 62.1 Å². The van der Waals surface area contributed by atoms with E-state index < -0.39 is 28.5 Å². The van der Waals surface area contributed by atoms with Gasteiger partial charge in [-0.1, -0.05) is 66.3 Å². The molecule has 0 aliphatic heterocycles. The molecule has 1 N–H and O–H groups in total. The van der Waals surface area contributed by atoms with Crippen molar-refractivity contribution in [3.63, 3.8) is 0 Å². The molecule has 1 atom stereocenters. The Labute approximate surface area is 226 Å². The van der Waals surface area contributed by atoms with E-state index in [4.69, 9.17) is 46.4 Å². The van der Waals surface area contributed by atoms with E-state index in [-0.39, 0.29) is 34.1 Å². The molecule has 35 heavy (non-hydrogen) atoms. The summed E-state index contributed by atoms with van der Waals surface area (Å²) in [5, 5.41) is 3.83. The van der Waals surface area contributed by atoms with Crippen molar-refractivity contribution < 1.29 is 18.0 Å². The highest BCUT2D eigenvalue weighted by Gasteiger charge is 2.30. The molecule has 0 saturated carbocycles. The molecule has 0 heterocycles. The van der Waals surface area contributed by atoms with Crippen LogP contribution in [0.25, 0.3) is 0 Å². The predicted octanol–water partition coefficient (Wildman–Crippen LogP) is 5.26. The number of nitrogens with zero attached hydrogens (tertiary/aromatic N) is 2. The van der Waals surface area contributed by atoms with Crippen molar-refractivity contribution in [3.8, 4) is 0 Å². The third kappa shape index (κ3) is 8.43. The third-order valence-corrected chi connectivity index (χ3v) is 7.68. The zero-order valence-electron chi connectivity index (χ0n) is 19.7. The minimum Gasteiger partial charge on any atom is -0.354 e. The summed E-state index contributed by atoms with van der Waals surface area (Å²) in [6, 6.07) is 8.22. The Bertz CT molecular complexity index is 1190. The van der Waals surface area contributed by atoms with Crippen LogP contribution in [0, 0.1) is 5.92 Å². The molecule has 0 unspecified atom stereocenters. The van der Waals surface area contributed by atoms with Gasteiger partial charge in [-0.25, -0.2) is 8.42 Å². The van der Waals surface area contributed by atoms with Crippen LogP contribution in [0.2, 0.25) is 20.1 Å². The summed E-state index contributed by atoms with van der Waals surface area (Å²) < 4.78 is 26.1. The molecule has 0 aliphatic rings. The first-order valence-electron chi connectivity index (χ1n) is 10.6. The fourth-order valence-electron chi connectivity index (χ4n) is 3.12. The molecule has 0 aliphatic carbocycles. The monoisotopic (exact) mass is 581 g/mol. The standard InChI is InChI=1S/C23H27Cl4N3O4S/c1-14(2)11-28-23(32)15(3)29(12-16-5-7-18(24)20(26)9-16)22(31)13-30(35(4,33)34)17-6-8-19(25)21(27)10-17/h5-10,14-15H,11-13H2,1-4H3,(H,28,32)/t15-/m1/s1. The lowest BCUT2D eigenvalue weighted by atomic mass is 10.1. The van der Waals surface area contributed by atoms with E-state index in [2.05, 4.69) is 5.32 Å². The Morgan fingerprint density at radius 1 is 0.914 bits per heavy atom. The highest BCUT2D eigenvalue weighted by atomic mass is 35.5. The lowest BCUT2D eigenvalue weighted by Crippen LogP contribution is -2.51. The maximum Gasteiger partial charge on any atom is 0.244 e. The highest BCUT2D eigenvalue weighted by Crippen LogP contribution is 2.29. The minimum absolute atomic E-state index is 0.00492. The Morgan fingerprint density at radius 3 is 2.00 bits per heavy atom. The summed E-state index contributed by atoms with van der Waals surface area (Å²) in [5.41, 5.74) is 0.790. The Morgan fingerprint density at radius 2 is 1.49 bits per heavy atom. The average Bonchev–Trinajstić information content (AvgIpc) is 2.77. The third-order valence-electron chi connectivity index (χ3n) is 5.06. The number of anilines is 1. The molecule has 2 aromatic rings. The number of rotatable bonds is 10. The highest BCUT2D eigenvalue weighted by molar-refractivity contribution is 7.92. The zero-order chi connectivity index (χ0) is 26.5. The van der Waals surface area contributed by atoms with Crippen LogP contribution < -0.4 is 9.62 Å². The number of hydrogen-bond acceptors (Lipinski definition) is 4. The lowest BCUT2D eigenvalue weighted by molar-refractivity contribution is -0.139. The topological polar surface area (TPSA) is 86.8 Å². The van der Waals surface area contributed by atoms with Gasteiger partial charge in [0.1, 0.15) is 12.6 Å². The largest absolute Gasteiger partial charge is 0.354 e. The Hall–Kier alpha value is -1.71. The summed E-state index contributed by atoms with van der Waals surface area (Å²) >= 11 is 24.2. The van der Waals surface area contributed by atoms with Crippen LogP contribution in [-0.2, 0) is 26.2 Å². The summed E-state index contributed by atoms with van der Waals surface area (Å²) in [5.74, 6) is -0.756. The molecule has 192 valence electrons. The van der Waals surface area contributed by atoms with Crippen molar-refractivity contribution in [1.29, 1.82) is 0 Å². The van der Waals surface area contributed by atoms with Gasteiger partial charge in [-0.05, 0) is 48.7 Å². The number of nitrogens with one attached hydrogen (secondary N) is 1. The van der Waals surface area contributed by atoms with E-state index in [1.807, 2.05) is 13.8 Å². The first-order valence-corrected chi connectivity index (χ1v) is 14.0. The molecule has 2 amide bonds. The van der Waals surface area contributed by atoms with E-state index in [9.17, 15) is 18.0 Å². The number of amides is 2. The molecule has 0 bridgehead atoms. The number of halogens is 4. The zero-order valence-corrected chi connectivity index (χ0v) is 23.5. The summed E-state index contributed by atoms with van der Waals surface area (Å²) in [4.78, 5) is 27.6. The molecule has 2 aromatic carbocycles. The Balaban J connectivity index is 2.41. The number of sulfonamides is 1. The number of benzene rings is 2. The van der Waals surface area contributed by atoms with Gasteiger partial charge in [-0.2, -0.15) is 0 Å². The van der Waals surface area contributed by atoms with Crippen LogP contribution in [0.15, 0.2) is 36.4 Å². The first-order chi connectivity index (χ1) is 16.2. The molecule has 0 radical (unpaired) electrons. The molecule has 2 rings (SSSR count). The van der Waals surface area contributed by atoms with Gasteiger partial charge in [-0.15, -0.1) is 0 Å². The second-order valence-corrected chi connectivity index (χ2v) is 12.0. The van der Waals surface area contributed by atoms with Crippen molar-refractivity contribution in [2.24, 2.45) is 5.92 Å². The van der Waals surface area contributed by atoms with Crippen molar-refractivity contribution in [2.75, 3.05) is 23.7 Å². The lowest BCUT2D eigenvalue weighted by Gasteiger charge is -2.31. The average molecular weight is 583 g/mol. The summed E-state index contributed by atoms with van der Waals surface area (Å²) in [6.07, 6.45) is 0.977. The van der Waals surface area contributed by atoms with Crippen LogP contribution in [0.5, 0.6) is 0 Å². The van der Waals surface area contributed by atoms with E-state index >= 15 is 0 Å². The molecule has 0 fully saturated rings. The fraction of sp³-hybridized carbons (Fsp3) is 0.391. The van der Waals surface area contributed by atoms with E-state index in [1.54, 1.807) is 25.1 Å². The van der Waals surface area contributed by atoms with E-state index in [0.717, 1.165) is 10.6 Å². The van der Waals surface area contributed by atoms with Crippen LogP contribution in [-0.4, -0.2) is 50.5 Å². The predicted molar refractivity (Wildman–Crippen MR) is 143 cm³/mol. The van der Waals surface area contributed by atoms with Gasteiger partial charge in [-0.3, -0.25) is 13.9 Å². The molecule has 0 spiro atoms. The van der Waals surface area contributed by atoms with Crippen molar-refractivity contribution in [1.82, 2.24) is 10.2 Å². The quantitative estimate of drug-likeness (QED) is 0.414. The maximum atomic E-state index is 13.5. The van der Waals surface area contributed by atoms with Crippen molar-refractivity contribution >= 4 is 73.9 Å². The van der Waals surface area contributed by atoms with E-state index in [1.165, 1.54) is 23.1 Å². The van der Waals surface area contributed by atoms with Gasteiger partial charge in [0.05, 0.1) is 32.0 Å². The maximum absolute atomic E-state index is 13.5. The van der Waals surface area contributed by atoms with Crippen LogP contribution in [0.4, 0.5) is 5.69 Å². The van der Waals surface area contributed by atoms with Gasteiger partial charge < -0.3 is 10.2 Å². The summed E-state index contributed by atoms with van der Waals surface area (Å²) in [7, 11) is -3.88. The fourth-order valence-corrected chi connectivity index (χ4v) is 4.58. The number of hydrogen-bond donors (Lipinski definition) is 1. The van der Waals surface area contributed by atoms with Gasteiger partial charge in [0.25, 0.3) is 0 Å². The van der Waals surface area contributed by atoms with Crippen LogP contribution in [0.1, 0.15) is 26.3 Å². The molecular weight excluding hydrogens is 556 g/mol. The molecule has 7 nitrogen and oxygen atoms in total. The number of carbonyl (C=O) groups excluding carboxylic acids is 2. The second-order valence-electron chi connectivity index (χ2n) is 8.45. The van der Waals surface area contributed by atoms with Gasteiger partial charge in [0.2, 0.25) is 21.8 Å². The second kappa shape index (κ2) is 12.5. The Kier molecular flexibility index (Phi) is 10.5.